The first-order valence-corrected chi connectivity index (χ1v) is 8.36. The van der Waals surface area contributed by atoms with Gasteiger partial charge in [0.05, 0.1) is 6.04 Å². The highest BCUT2D eigenvalue weighted by Gasteiger charge is 2.31. The van der Waals surface area contributed by atoms with Gasteiger partial charge in [0.25, 0.3) is 0 Å². The molecular formula is C18H19N7. The Kier molecular flexibility index (Phi) is 4.20. The number of anilines is 3. The van der Waals surface area contributed by atoms with Gasteiger partial charge >= 0.3 is 0 Å². The molecule has 3 aromatic heterocycles. The van der Waals surface area contributed by atoms with E-state index in [0.29, 0.717) is 0 Å². The van der Waals surface area contributed by atoms with Gasteiger partial charge in [0, 0.05) is 37.5 Å². The second-order valence-electron chi connectivity index (χ2n) is 5.98. The first-order valence-electron chi connectivity index (χ1n) is 8.36. The highest BCUT2D eigenvalue weighted by molar-refractivity contribution is 5.59. The number of hydrogen-bond donors (Lipinski definition) is 1. The van der Waals surface area contributed by atoms with Crippen LogP contribution < -0.4 is 10.2 Å². The molecule has 1 unspecified atom stereocenters. The summed E-state index contributed by atoms with van der Waals surface area (Å²) in [6.07, 6.45) is 10.8. The van der Waals surface area contributed by atoms with E-state index in [-0.39, 0.29) is 6.04 Å². The minimum atomic E-state index is 0.0996. The summed E-state index contributed by atoms with van der Waals surface area (Å²) >= 11 is 0. The lowest BCUT2D eigenvalue weighted by molar-refractivity contribution is 0.677. The molecule has 3 aromatic rings. The predicted octanol–water partition coefficient (Wildman–Crippen LogP) is 3.06. The molecule has 1 N–H and O–H groups in total. The molecular weight excluding hydrogens is 314 g/mol. The number of aryl methyl sites for hydroxylation is 1. The molecule has 0 radical (unpaired) electrons. The Bertz CT molecular complexity index is 853. The van der Waals surface area contributed by atoms with Crippen molar-refractivity contribution in [3.8, 4) is 0 Å². The Morgan fingerprint density at radius 3 is 2.52 bits per heavy atom. The standard InChI is InChI=1S/C18H19N7/c1-13-5-2-7-20-16(13)24-17-15(19-10-11-21-17)14-6-3-12-25(14)18-22-8-4-9-23-18/h2,4-5,7-11,14H,3,6,12H2,1H3,(H,20,21,24). The molecule has 4 rings (SSSR count). The number of hydrogen-bond acceptors (Lipinski definition) is 7. The van der Waals surface area contributed by atoms with Gasteiger partial charge in [0.2, 0.25) is 5.95 Å². The zero-order valence-corrected chi connectivity index (χ0v) is 14.0. The molecule has 25 heavy (non-hydrogen) atoms. The molecule has 1 atom stereocenters. The Hall–Kier alpha value is -3.09. The molecule has 0 amide bonds. The lowest BCUT2D eigenvalue weighted by Gasteiger charge is -2.25. The lowest BCUT2D eigenvalue weighted by atomic mass is 10.1. The summed E-state index contributed by atoms with van der Waals surface area (Å²) < 4.78 is 0. The summed E-state index contributed by atoms with van der Waals surface area (Å²) in [6, 6.07) is 5.87. The summed E-state index contributed by atoms with van der Waals surface area (Å²) in [5.74, 6) is 2.26. The van der Waals surface area contributed by atoms with Crippen LogP contribution in [0.15, 0.2) is 49.2 Å². The van der Waals surface area contributed by atoms with Crippen LogP contribution in [0.5, 0.6) is 0 Å². The van der Waals surface area contributed by atoms with Gasteiger partial charge in [0.1, 0.15) is 11.5 Å². The summed E-state index contributed by atoms with van der Waals surface area (Å²) in [4.78, 5) is 24.5. The maximum absolute atomic E-state index is 4.61. The molecule has 0 aromatic carbocycles. The Morgan fingerprint density at radius 2 is 1.68 bits per heavy atom. The highest BCUT2D eigenvalue weighted by atomic mass is 15.3. The predicted molar refractivity (Wildman–Crippen MR) is 95.6 cm³/mol. The third kappa shape index (κ3) is 3.13. The average Bonchev–Trinajstić information content (AvgIpc) is 3.14. The van der Waals surface area contributed by atoms with Crippen LogP contribution in [0.3, 0.4) is 0 Å². The maximum atomic E-state index is 4.61. The second kappa shape index (κ2) is 6.80. The van der Waals surface area contributed by atoms with Gasteiger partial charge in [-0.25, -0.2) is 19.9 Å². The van der Waals surface area contributed by atoms with Crippen LogP contribution in [-0.2, 0) is 0 Å². The number of nitrogens with one attached hydrogen (secondary N) is 1. The third-order valence-corrected chi connectivity index (χ3v) is 4.35. The summed E-state index contributed by atoms with van der Waals surface area (Å²) in [5.41, 5.74) is 1.96. The Labute approximate surface area is 146 Å². The largest absolute Gasteiger partial charge is 0.332 e. The van der Waals surface area contributed by atoms with E-state index in [1.165, 1.54) is 0 Å². The monoisotopic (exact) mass is 333 g/mol. The smallest absolute Gasteiger partial charge is 0.225 e. The van der Waals surface area contributed by atoms with Gasteiger partial charge in [-0.15, -0.1) is 0 Å². The zero-order chi connectivity index (χ0) is 17.1. The van der Waals surface area contributed by atoms with Crippen molar-refractivity contribution in [2.45, 2.75) is 25.8 Å². The van der Waals surface area contributed by atoms with E-state index in [1.54, 1.807) is 31.0 Å². The van der Waals surface area contributed by atoms with E-state index in [2.05, 4.69) is 35.1 Å². The van der Waals surface area contributed by atoms with Crippen molar-refractivity contribution >= 4 is 17.6 Å². The van der Waals surface area contributed by atoms with Crippen molar-refractivity contribution in [2.24, 2.45) is 0 Å². The van der Waals surface area contributed by atoms with Crippen LogP contribution in [0, 0.1) is 6.92 Å². The first kappa shape index (κ1) is 15.4. The molecule has 126 valence electrons. The van der Waals surface area contributed by atoms with Gasteiger partial charge in [-0.3, -0.25) is 4.98 Å². The molecule has 7 heteroatoms. The van der Waals surface area contributed by atoms with E-state index >= 15 is 0 Å². The van der Waals surface area contributed by atoms with Crippen molar-refractivity contribution in [3.05, 3.63) is 60.4 Å². The van der Waals surface area contributed by atoms with Gasteiger partial charge < -0.3 is 10.2 Å². The minimum Gasteiger partial charge on any atom is -0.332 e. The molecule has 0 saturated carbocycles. The van der Waals surface area contributed by atoms with Crippen LogP contribution in [0.1, 0.15) is 30.1 Å². The Morgan fingerprint density at radius 1 is 0.920 bits per heavy atom. The van der Waals surface area contributed by atoms with E-state index in [0.717, 1.165) is 48.2 Å². The molecule has 1 saturated heterocycles. The fourth-order valence-corrected chi connectivity index (χ4v) is 3.15. The molecule has 0 spiro atoms. The Balaban J connectivity index is 1.68. The van der Waals surface area contributed by atoms with Gasteiger partial charge in [0.15, 0.2) is 5.82 Å². The summed E-state index contributed by atoms with van der Waals surface area (Å²) in [7, 11) is 0. The van der Waals surface area contributed by atoms with E-state index in [1.807, 2.05) is 25.1 Å². The maximum Gasteiger partial charge on any atom is 0.225 e. The van der Waals surface area contributed by atoms with Crippen molar-refractivity contribution in [2.75, 3.05) is 16.8 Å². The lowest BCUT2D eigenvalue weighted by Crippen LogP contribution is -2.26. The zero-order valence-electron chi connectivity index (χ0n) is 14.0. The van der Waals surface area contributed by atoms with Crippen LogP contribution in [0.4, 0.5) is 17.6 Å². The summed E-state index contributed by atoms with van der Waals surface area (Å²) in [5, 5.41) is 3.34. The molecule has 1 fully saturated rings. The number of rotatable bonds is 4. The molecule has 0 aliphatic carbocycles. The fraction of sp³-hybridized carbons (Fsp3) is 0.278. The van der Waals surface area contributed by atoms with E-state index in [9.17, 15) is 0 Å². The van der Waals surface area contributed by atoms with Crippen LogP contribution in [-0.4, -0.2) is 31.5 Å². The third-order valence-electron chi connectivity index (χ3n) is 4.35. The first-order chi connectivity index (χ1) is 12.3. The average molecular weight is 333 g/mol. The van der Waals surface area contributed by atoms with Crippen molar-refractivity contribution in [1.29, 1.82) is 0 Å². The normalized spacial score (nSPS) is 16.8. The number of aromatic nitrogens is 5. The van der Waals surface area contributed by atoms with E-state index < -0.39 is 0 Å². The van der Waals surface area contributed by atoms with Crippen molar-refractivity contribution in [3.63, 3.8) is 0 Å². The molecule has 1 aliphatic heterocycles. The van der Waals surface area contributed by atoms with Gasteiger partial charge in [-0.2, -0.15) is 0 Å². The van der Waals surface area contributed by atoms with Crippen LogP contribution >= 0.6 is 0 Å². The fourth-order valence-electron chi connectivity index (χ4n) is 3.15. The molecule has 7 nitrogen and oxygen atoms in total. The number of pyridine rings is 1. The molecule has 4 heterocycles. The van der Waals surface area contributed by atoms with Crippen molar-refractivity contribution in [1.82, 2.24) is 24.9 Å². The molecule has 0 bridgehead atoms. The number of nitrogens with zero attached hydrogens (tertiary/aromatic N) is 6. The van der Waals surface area contributed by atoms with Crippen LogP contribution in [0.2, 0.25) is 0 Å². The van der Waals surface area contributed by atoms with Crippen LogP contribution in [0.25, 0.3) is 0 Å². The van der Waals surface area contributed by atoms with Gasteiger partial charge in [-0.05, 0) is 37.5 Å². The highest BCUT2D eigenvalue weighted by Crippen LogP contribution is 2.36. The van der Waals surface area contributed by atoms with Gasteiger partial charge in [-0.1, -0.05) is 6.07 Å². The van der Waals surface area contributed by atoms with E-state index in [4.69, 9.17) is 0 Å². The SMILES string of the molecule is Cc1cccnc1Nc1nccnc1C1CCCN1c1ncccn1. The minimum absolute atomic E-state index is 0.0996. The van der Waals surface area contributed by atoms with Crippen molar-refractivity contribution < 1.29 is 0 Å². The second-order valence-corrected chi connectivity index (χ2v) is 5.98. The quantitative estimate of drug-likeness (QED) is 0.786. The molecule has 1 aliphatic rings. The summed E-state index contributed by atoms with van der Waals surface area (Å²) in [6.45, 7) is 2.93. The topological polar surface area (TPSA) is 79.7 Å².